The minimum absolute atomic E-state index is 0.0481. The van der Waals surface area contributed by atoms with Gasteiger partial charge in [-0.15, -0.1) is 0 Å². The molecule has 0 aliphatic carbocycles. The fourth-order valence-corrected chi connectivity index (χ4v) is 2.04. The van der Waals surface area contributed by atoms with E-state index < -0.39 is 0 Å². The van der Waals surface area contributed by atoms with Gasteiger partial charge in [-0.05, 0) is 19.4 Å². The summed E-state index contributed by atoms with van der Waals surface area (Å²) in [6.45, 7) is 4.70. The van der Waals surface area contributed by atoms with Crippen molar-refractivity contribution in [3.63, 3.8) is 0 Å². The number of nitrogens with one attached hydrogen (secondary N) is 2. The van der Waals surface area contributed by atoms with Crippen LogP contribution in [0.5, 0.6) is 0 Å². The summed E-state index contributed by atoms with van der Waals surface area (Å²) < 4.78 is 0. The third-order valence-corrected chi connectivity index (χ3v) is 2.82. The molecule has 2 N–H and O–H groups in total. The Morgan fingerprint density at radius 3 is 3.12 bits per heavy atom. The third kappa shape index (κ3) is 2.21. The third-order valence-electron chi connectivity index (χ3n) is 2.82. The van der Waals surface area contributed by atoms with Crippen molar-refractivity contribution in [1.29, 1.82) is 0 Å². The molecule has 0 spiro atoms. The first-order valence-electron chi connectivity index (χ1n) is 5.70. The maximum absolute atomic E-state index is 12.1. The van der Waals surface area contributed by atoms with Gasteiger partial charge in [0, 0.05) is 19.1 Å². The molecule has 1 saturated heterocycles. The first kappa shape index (κ1) is 11.1. The van der Waals surface area contributed by atoms with Crippen molar-refractivity contribution in [2.45, 2.75) is 25.8 Å². The van der Waals surface area contributed by atoms with E-state index >= 15 is 0 Å². The van der Waals surface area contributed by atoms with Crippen LogP contribution in [0, 0.1) is 0 Å². The number of aromatic amines is 1. The molecular weight excluding hydrogens is 206 g/mol. The van der Waals surface area contributed by atoms with Crippen molar-refractivity contribution in [2.75, 3.05) is 19.6 Å². The van der Waals surface area contributed by atoms with Crippen molar-refractivity contribution in [3.05, 3.63) is 12.2 Å². The van der Waals surface area contributed by atoms with Crippen LogP contribution in [0.15, 0.2) is 6.33 Å². The second-order valence-electron chi connectivity index (χ2n) is 3.98. The Kier molecular flexibility index (Phi) is 3.51. The number of carbonyl (C=O) groups is 1. The summed E-state index contributed by atoms with van der Waals surface area (Å²) >= 11 is 0. The Balaban J connectivity index is 2.09. The molecular formula is C10H17N5O. The lowest BCUT2D eigenvalue weighted by Gasteiger charge is -2.27. The zero-order valence-corrected chi connectivity index (χ0v) is 9.44. The second-order valence-corrected chi connectivity index (χ2v) is 3.98. The number of H-pyrrole nitrogens is 1. The Morgan fingerprint density at radius 1 is 1.69 bits per heavy atom. The van der Waals surface area contributed by atoms with Crippen molar-refractivity contribution in [3.8, 4) is 0 Å². The number of rotatable bonds is 4. The summed E-state index contributed by atoms with van der Waals surface area (Å²) in [5.74, 6) is 0.286. The molecule has 1 aromatic rings. The van der Waals surface area contributed by atoms with Gasteiger partial charge in [-0.3, -0.25) is 9.89 Å². The second kappa shape index (κ2) is 5.07. The Hall–Kier alpha value is -1.43. The van der Waals surface area contributed by atoms with Gasteiger partial charge in [0.1, 0.15) is 6.33 Å². The molecule has 6 heteroatoms. The first-order chi connectivity index (χ1) is 7.83. The van der Waals surface area contributed by atoms with Gasteiger partial charge in [0.2, 0.25) is 5.82 Å². The summed E-state index contributed by atoms with van der Waals surface area (Å²) in [4.78, 5) is 17.9. The highest BCUT2D eigenvalue weighted by Crippen LogP contribution is 2.11. The lowest BCUT2D eigenvalue weighted by atomic mass is 10.2. The van der Waals surface area contributed by atoms with Gasteiger partial charge >= 0.3 is 0 Å². The number of amides is 1. The molecule has 16 heavy (non-hydrogen) atoms. The normalized spacial score (nSPS) is 19.9. The number of aromatic nitrogens is 3. The van der Waals surface area contributed by atoms with Crippen LogP contribution in [0.1, 0.15) is 30.4 Å². The molecule has 1 unspecified atom stereocenters. The van der Waals surface area contributed by atoms with E-state index in [0.29, 0.717) is 5.82 Å². The van der Waals surface area contributed by atoms with E-state index in [2.05, 4.69) is 27.4 Å². The van der Waals surface area contributed by atoms with E-state index in [1.807, 2.05) is 4.90 Å². The van der Waals surface area contributed by atoms with E-state index in [4.69, 9.17) is 0 Å². The highest BCUT2D eigenvalue weighted by molar-refractivity contribution is 5.90. The number of hydrogen-bond donors (Lipinski definition) is 2. The molecule has 6 nitrogen and oxygen atoms in total. The molecule has 0 aromatic carbocycles. The quantitative estimate of drug-likeness (QED) is 0.754. The molecule has 1 aromatic heterocycles. The first-order valence-corrected chi connectivity index (χ1v) is 5.70. The van der Waals surface area contributed by atoms with Crippen LogP contribution in [0.3, 0.4) is 0 Å². The van der Waals surface area contributed by atoms with E-state index in [1.54, 1.807) is 0 Å². The summed E-state index contributed by atoms with van der Waals surface area (Å²) in [6.07, 6.45) is 3.33. The SMILES string of the molecule is CCCN(C(=O)c1ncn[nH]1)C1CCNC1. The van der Waals surface area contributed by atoms with Gasteiger partial charge < -0.3 is 10.2 Å². The van der Waals surface area contributed by atoms with Gasteiger partial charge in [-0.25, -0.2) is 4.98 Å². The zero-order valence-electron chi connectivity index (χ0n) is 9.44. The molecule has 0 bridgehead atoms. The number of hydrogen-bond acceptors (Lipinski definition) is 4. The monoisotopic (exact) mass is 223 g/mol. The van der Waals surface area contributed by atoms with E-state index in [0.717, 1.165) is 32.5 Å². The minimum atomic E-state index is -0.0481. The van der Waals surface area contributed by atoms with Crippen LogP contribution in [0.2, 0.25) is 0 Å². The van der Waals surface area contributed by atoms with Crippen molar-refractivity contribution in [2.24, 2.45) is 0 Å². The highest BCUT2D eigenvalue weighted by atomic mass is 16.2. The van der Waals surface area contributed by atoms with Gasteiger partial charge in [-0.1, -0.05) is 6.92 Å². The average Bonchev–Trinajstić information content (AvgIpc) is 2.96. The Bertz CT molecular complexity index is 331. The van der Waals surface area contributed by atoms with Crippen LogP contribution in [-0.2, 0) is 0 Å². The van der Waals surface area contributed by atoms with Crippen LogP contribution >= 0.6 is 0 Å². The number of nitrogens with zero attached hydrogens (tertiary/aromatic N) is 3. The molecule has 2 heterocycles. The van der Waals surface area contributed by atoms with E-state index in [-0.39, 0.29) is 11.9 Å². The smallest absolute Gasteiger partial charge is 0.291 e. The number of carbonyl (C=O) groups excluding carboxylic acids is 1. The lowest BCUT2D eigenvalue weighted by molar-refractivity contribution is 0.0680. The maximum Gasteiger partial charge on any atom is 0.291 e. The molecule has 1 fully saturated rings. The van der Waals surface area contributed by atoms with Crippen LogP contribution < -0.4 is 5.32 Å². The Labute approximate surface area is 94.4 Å². The topological polar surface area (TPSA) is 73.9 Å². The molecule has 2 rings (SSSR count). The predicted molar refractivity (Wildman–Crippen MR) is 59.0 cm³/mol. The maximum atomic E-state index is 12.1. The predicted octanol–water partition coefficient (Wildman–Crippen LogP) is 0.0188. The largest absolute Gasteiger partial charge is 0.332 e. The molecule has 88 valence electrons. The van der Waals surface area contributed by atoms with Crippen LogP contribution in [0.4, 0.5) is 0 Å². The molecule has 0 radical (unpaired) electrons. The summed E-state index contributed by atoms with van der Waals surface area (Å²) in [5.41, 5.74) is 0. The van der Waals surface area contributed by atoms with Crippen LogP contribution in [0.25, 0.3) is 0 Å². The molecule has 1 atom stereocenters. The lowest BCUT2D eigenvalue weighted by Crippen LogP contribution is -2.42. The van der Waals surface area contributed by atoms with Gasteiger partial charge in [0.05, 0.1) is 0 Å². The van der Waals surface area contributed by atoms with Gasteiger partial charge in [0.25, 0.3) is 5.91 Å². The minimum Gasteiger partial charge on any atom is -0.332 e. The van der Waals surface area contributed by atoms with E-state index in [1.165, 1.54) is 6.33 Å². The van der Waals surface area contributed by atoms with Crippen molar-refractivity contribution >= 4 is 5.91 Å². The molecule has 0 saturated carbocycles. The van der Waals surface area contributed by atoms with Crippen LogP contribution in [-0.4, -0.2) is 51.7 Å². The van der Waals surface area contributed by atoms with Crippen molar-refractivity contribution in [1.82, 2.24) is 25.4 Å². The molecule has 1 aliphatic heterocycles. The zero-order chi connectivity index (χ0) is 11.4. The summed E-state index contributed by atoms with van der Waals surface area (Å²) in [6, 6.07) is 0.289. The average molecular weight is 223 g/mol. The molecule has 1 amide bonds. The fourth-order valence-electron chi connectivity index (χ4n) is 2.04. The van der Waals surface area contributed by atoms with E-state index in [9.17, 15) is 4.79 Å². The van der Waals surface area contributed by atoms with Gasteiger partial charge in [0.15, 0.2) is 0 Å². The Morgan fingerprint density at radius 2 is 2.56 bits per heavy atom. The van der Waals surface area contributed by atoms with Gasteiger partial charge in [-0.2, -0.15) is 5.10 Å². The standard InChI is InChI=1S/C10H17N5O/c1-2-5-15(8-3-4-11-6-8)10(16)9-12-7-13-14-9/h7-8,11H,2-6H2,1H3,(H,12,13,14). The highest BCUT2D eigenvalue weighted by Gasteiger charge is 2.27. The van der Waals surface area contributed by atoms with Crippen molar-refractivity contribution < 1.29 is 4.79 Å². The fraction of sp³-hybridized carbons (Fsp3) is 0.700. The summed E-state index contributed by atoms with van der Waals surface area (Å²) in [5, 5.41) is 9.61. The summed E-state index contributed by atoms with van der Waals surface area (Å²) in [7, 11) is 0. The molecule has 1 aliphatic rings.